The second-order valence-electron chi connectivity index (χ2n) is 6.26. The number of aliphatic hydroxyl groups excluding tert-OH is 1. The van der Waals surface area contributed by atoms with E-state index in [0.717, 1.165) is 35.5 Å². The fourth-order valence-electron chi connectivity index (χ4n) is 3.02. The van der Waals surface area contributed by atoms with E-state index in [1.54, 1.807) is 21.7 Å². The number of carbonyl (C=O) groups is 1. The van der Waals surface area contributed by atoms with Gasteiger partial charge in [0.2, 0.25) is 5.91 Å². The van der Waals surface area contributed by atoms with E-state index in [4.69, 9.17) is 0 Å². The van der Waals surface area contributed by atoms with Crippen molar-refractivity contribution in [2.24, 2.45) is 0 Å². The van der Waals surface area contributed by atoms with E-state index in [1.807, 2.05) is 13.8 Å². The van der Waals surface area contributed by atoms with E-state index >= 15 is 0 Å². The van der Waals surface area contributed by atoms with Crippen molar-refractivity contribution in [1.29, 1.82) is 0 Å². The van der Waals surface area contributed by atoms with Crippen molar-refractivity contribution in [3.05, 3.63) is 47.0 Å². The number of benzene rings is 1. The number of nitrogens with zero attached hydrogens (tertiary/aromatic N) is 3. The molecule has 0 bridgehead atoms. The first-order valence-electron chi connectivity index (χ1n) is 8.22. The lowest BCUT2D eigenvalue weighted by Gasteiger charge is -2.21. The van der Waals surface area contributed by atoms with Gasteiger partial charge in [-0.15, -0.1) is 0 Å². The van der Waals surface area contributed by atoms with Crippen LogP contribution in [0.4, 0.5) is 4.39 Å². The number of hydrogen-bond donors (Lipinski definition) is 1. The van der Waals surface area contributed by atoms with Gasteiger partial charge < -0.3 is 10.0 Å². The first-order valence-corrected chi connectivity index (χ1v) is 8.22. The molecule has 3 rings (SSSR count). The molecule has 1 saturated carbocycles. The largest absolute Gasteiger partial charge is 0.395 e. The summed E-state index contributed by atoms with van der Waals surface area (Å²) in [5, 5.41) is 13.7. The number of halogens is 1. The van der Waals surface area contributed by atoms with Gasteiger partial charge in [0.15, 0.2) is 0 Å². The van der Waals surface area contributed by atoms with Gasteiger partial charge in [-0.05, 0) is 51.0 Å². The summed E-state index contributed by atoms with van der Waals surface area (Å²) in [7, 11) is 0. The zero-order chi connectivity index (χ0) is 17.3. The molecule has 0 radical (unpaired) electrons. The molecule has 1 N–H and O–H groups in total. The summed E-state index contributed by atoms with van der Waals surface area (Å²) in [5.74, 6) is -0.267. The van der Waals surface area contributed by atoms with Crippen molar-refractivity contribution in [3.8, 4) is 5.69 Å². The lowest BCUT2D eigenvalue weighted by Crippen LogP contribution is -2.36. The Bertz CT molecular complexity index is 735. The molecule has 2 aromatic rings. The van der Waals surface area contributed by atoms with Crippen molar-refractivity contribution < 1.29 is 14.3 Å². The van der Waals surface area contributed by atoms with Crippen molar-refractivity contribution in [2.75, 3.05) is 13.2 Å². The Morgan fingerprint density at radius 1 is 1.33 bits per heavy atom. The van der Waals surface area contributed by atoms with E-state index in [9.17, 15) is 14.3 Å². The molecule has 0 aliphatic heterocycles. The first-order chi connectivity index (χ1) is 11.5. The van der Waals surface area contributed by atoms with Gasteiger partial charge in [-0.1, -0.05) is 0 Å². The molecule has 0 saturated heterocycles. The topological polar surface area (TPSA) is 58.4 Å². The molecular formula is C18H22FN3O2. The molecule has 128 valence electrons. The second-order valence-corrected chi connectivity index (χ2v) is 6.26. The van der Waals surface area contributed by atoms with E-state index in [1.165, 1.54) is 12.1 Å². The van der Waals surface area contributed by atoms with Crippen LogP contribution in [0, 0.1) is 19.7 Å². The van der Waals surface area contributed by atoms with Crippen LogP contribution in [-0.4, -0.2) is 44.9 Å². The Morgan fingerprint density at radius 3 is 2.58 bits per heavy atom. The van der Waals surface area contributed by atoms with E-state index < -0.39 is 0 Å². The second kappa shape index (κ2) is 6.73. The molecule has 1 aliphatic rings. The maximum atomic E-state index is 13.1. The van der Waals surface area contributed by atoms with Crippen molar-refractivity contribution in [3.63, 3.8) is 0 Å². The lowest BCUT2D eigenvalue weighted by atomic mass is 10.1. The van der Waals surface area contributed by atoms with Crippen LogP contribution < -0.4 is 0 Å². The fourth-order valence-corrected chi connectivity index (χ4v) is 3.02. The van der Waals surface area contributed by atoms with Crippen LogP contribution in [0.1, 0.15) is 29.8 Å². The quantitative estimate of drug-likeness (QED) is 0.882. The number of aromatic nitrogens is 2. The summed E-state index contributed by atoms with van der Waals surface area (Å²) < 4.78 is 14.8. The van der Waals surface area contributed by atoms with Crippen molar-refractivity contribution >= 4 is 5.91 Å². The summed E-state index contributed by atoms with van der Waals surface area (Å²) >= 11 is 0. The van der Waals surface area contributed by atoms with Crippen LogP contribution in [0.2, 0.25) is 0 Å². The summed E-state index contributed by atoms with van der Waals surface area (Å²) in [6.07, 6.45) is 2.30. The number of aryl methyl sites for hydroxylation is 1. The van der Waals surface area contributed by atoms with Gasteiger partial charge in [-0.2, -0.15) is 5.10 Å². The van der Waals surface area contributed by atoms with Gasteiger partial charge in [0.1, 0.15) is 5.82 Å². The molecule has 6 heteroatoms. The Morgan fingerprint density at radius 2 is 2.00 bits per heavy atom. The van der Waals surface area contributed by atoms with Crippen molar-refractivity contribution in [2.45, 2.75) is 39.2 Å². The van der Waals surface area contributed by atoms with E-state index in [0.29, 0.717) is 6.54 Å². The summed E-state index contributed by atoms with van der Waals surface area (Å²) in [4.78, 5) is 14.4. The minimum Gasteiger partial charge on any atom is -0.395 e. The van der Waals surface area contributed by atoms with Crippen LogP contribution in [-0.2, 0) is 11.2 Å². The summed E-state index contributed by atoms with van der Waals surface area (Å²) in [6.45, 7) is 4.16. The minimum absolute atomic E-state index is 0.0188. The monoisotopic (exact) mass is 331 g/mol. The SMILES string of the molecule is Cc1nn(-c2ccc(F)cc2)c(C)c1CC(=O)N(CCO)C1CC1. The Labute approximate surface area is 140 Å². The van der Waals surface area contributed by atoms with Gasteiger partial charge >= 0.3 is 0 Å². The maximum absolute atomic E-state index is 13.1. The third-order valence-electron chi connectivity index (χ3n) is 4.49. The molecule has 0 spiro atoms. The number of aliphatic hydroxyl groups is 1. The normalized spacial score (nSPS) is 14.0. The van der Waals surface area contributed by atoms with Crippen molar-refractivity contribution in [1.82, 2.24) is 14.7 Å². The van der Waals surface area contributed by atoms with Crippen LogP contribution in [0.15, 0.2) is 24.3 Å². The van der Waals surface area contributed by atoms with Gasteiger partial charge in [0.05, 0.1) is 24.4 Å². The third-order valence-corrected chi connectivity index (χ3v) is 4.49. The smallest absolute Gasteiger partial charge is 0.227 e. The number of hydrogen-bond acceptors (Lipinski definition) is 3. The van der Waals surface area contributed by atoms with E-state index in [-0.39, 0.29) is 30.8 Å². The number of amides is 1. The number of rotatable bonds is 6. The zero-order valence-electron chi connectivity index (χ0n) is 14.0. The standard InChI is InChI=1S/C18H22FN3O2/c1-12-17(11-18(24)21(9-10-23)15-7-8-15)13(2)22(20-12)16-5-3-14(19)4-6-16/h3-6,15,23H,7-11H2,1-2H3. The molecule has 1 heterocycles. The molecular weight excluding hydrogens is 309 g/mol. The van der Waals surface area contributed by atoms with Gasteiger partial charge in [0, 0.05) is 23.8 Å². The van der Waals surface area contributed by atoms with Crippen LogP contribution in [0.25, 0.3) is 5.69 Å². The third kappa shape index (κ3) is 3.33. The van der Waals surface area contributed by atoms with Gasteiger partial charge in [0.25, 0.3) is 0 Å². The lowest BCUT2D eigenvalue weighted by molar-refractivity contribution is -0.131. The molecule has 5 nitrogen and oxygen atoms in total. The predicted octanol–water partition coefficient (Wildman–Crippen LogP) is 2.15. The van der Waals surface area contributed by atoms with Gasteiger partial charge in [-0.3, -0.25) is 4.79 Å². The average Bonchev–Trinajstić information content (AvgIpc) is 3.36. The van der Waals surface area contributed by atoms with Gasteiger partial charge in [-0.25, -0.2) is 9.07 Å². The van der Waals surface area contributed by atoms with Crippen LogP contribution >= 0.6 is 0 Å². The maximum Gasteiger partial charge on any atom is 0.227 e. The fraction of sp³-hybridized carbons (Fsp3) is 0.444. The molecule has 1 aromatic carbocycles. The molecule has 1 aromatic heterocycles. The molecule has 0 atom stereocenters. The highest BCUT2D eigenvalue weighted by Gasteiger charge is 2.32. The Balaban J connectivity index is 1.83. The predicted molar refractivity (Wildman–Crippen MR) is 88.5 cm³/mol. The molecule has 1 aliphatic carbocycles. The first kappa shape index (κ1) is 16.6. The summed E-state index contributed by atoms with van der Waals surface area (Å²) in [6, 6.07) is 6.40. The van der Waals surface area contributed by atoms with E-state index in [2.05, 4.69) is 5.10 Å². The molecule has 24 heavy (non-hydrogen) atoms. The highest BCUT2D eigenvalue weighted by atomic mass is 19.1. The highest BCUT2D eigenvalue weighted by Crippen LogP contribution is 2.28. The summed E-state index contributed by atoms with van der Waals surface area (Å²) in [5.41, 5.74) is 3.34. The zero-order valence-corrected chi connectivity index (χ0v) is 14.0. The highest BCUT2D eigenvalue weighted by molar-refractivity contribution is 5.80. The molecule has 1 fully saturated rings. The Hall–Kier alpha value is -2.21. The molecule has 0 unspecified atom stereocenters. The average molecular weight is 331 g/mol. The van der Waals surface area contributed by atoms with Crippen LogP contribution in [0.3, 0.4) is 0 Å². The Kier molecular flexibility index (Phi) is 4.66. The molecule has 1 amide bonds. The number of carbonyl (C=O) groups excluding carboxylic acids is 1. The van der Waals surface area contributed by atoms with Crippen LogP contribution in [0.5, 0.6) is 0 Å². The minimum atomic E-state index is -0.292.